The van der Waals surface area contributed by atoms with Crippen molar-refractivity contribution in [3.8, 4) is 0 Å². The minimum absolute atomic E-state index is 0.301. The van der Waals surface area contributed by atoms with E-state index in [2.05, 4.69) is 22.7 Å². The van der Waals surface area contributed by atoms with Crippen molar-refractivity contribution < 1.29 is 9.53 Å². The minimum atomic E-state index is -0.301. The molecule has 2 aromatic rings. The van der Waals surface area contributed by atoms with Crippen LogP contribution in [0.1, 0.15) is 45.4 Å². The molecular weight excluding hydrogens is 368 g/mol. The molecule has 6 nitrogen and oxygen atoms in total. The van der Waals surface area contributed by atoms with Gasteiger partial charge in [0.1, 0.15) is 5.00 Å². The first kappa shape index (κ1) is 18.8. The van der Waals surface area contributed by atoms with Crippen LogP contribution in [0.15, 0.2) is 6.20 Å². The van der Waals surface area contributed by atoms with Gasteiger partial charge in [-0.3, -0.25) is 4.68 Å². The summed E-state index contributed by atoms with van der Waals surface area (Å²) in [5, 5.41) is 12.0. The highest BCUT2D eigenvalue weighted by atomic mass is 32.1. The van der Waals surface area contributed by atoms with Crippen molar-refractivity contribution in [3.63, 3.8) is 0 Å². The van der Waals surface area contributed by atoms with Gasteiger partial charge in [-0.05, 0) is 49.9 Å². The predicted octanol–water partition coefficient (Wildman–Crippen LogP) is 3.19. The average molecular weight is 393 g/mol. The first-order valence-corrected chi connectivity index (χ1v) is 9.88. The molecule has 0 radical (unpaired) electrons. The van der Waals surface area contributed by atoms with Gasteiger partial charge in [0.25, 0.3) is 0 Å². The van der Waals surface area contributed by atoms with Gasteiger partial charge in [0.2, 0.25) is 0 Å². The normalized spacial score (nSPS) is 16.1. The third-order valence-corrected chi connectivity index (χ3v) is 6.10. The van der Waals surface area contributed by atoms with Gasteiger partial charge in [-0.2, -0.15) is 5.10 Å². The van der Waals surface area contributed by atoms with Crippen molar-refractivity contribution >= 4 is 39.6 Å². The molecule has 26 heavy (non-hydrogen) atoms. The van der Waals surface area contributed by atoms with E-state index < -0.39 is 0 Å². The van der Waals surface area contributed by atoms with Gasteiger partial charge in [0.15, 0.2) is 5.11 Å². The topological polar surface area (TPSA) is 68.2 Å². The Bertz CT molecular complexity index is 841. The molecule has 0 bridgehead atoms. The predicted molar refractivity (Wildman–Crippen MR) is 108 cm³/mol. The number of nitrogens with one attached hydrogen (secondary N) is 2. The van der Waals surface area contributed by atoms with Crippen LogP contribution in [-0.4, -0.2) is 28.0 Å². The Morgan fingerprint density at radius 3 is 2.96 bits per heavy atom. The summed E-state index contributed by atoms with van der Waals surface area (Å²) >= 11 is 7.05. The Morgan fingerprint density at radius 2 is 2.31 bits per heavy atom. The minimum Gasteiger partial charge on any atom is -0.465 e. The molecule has 140 valence electrons. The van der Waals surface area contributed by atoms with Gasteiger partial charge in [-0.1, -0.05) is 6.92 Å². The summed E-state index contributed by atoms with van der Waals surface area (Å²) in [5.74, 6) is 0.337. The van der Waals surface area contributed by atoms with Gasteiger partial charge in [-0.25, -0.2) is 4.79 Å². The first-order valence-electron chi connectivity index (χ1n) is 8.65. The maximum Gasteiger partial charge on any atom is 0.341 e. The zero-order valence-electron chi connectivity index (χ0n) is 15.5. The molecule has 2 aromatic heterocycles. The van der Waals surface area contributed by atoms with Gasteiger partial charge in [0.05, 0.1) is 18.4 Å². The fourth-order valence-electron chi connectivity index (χ4n) is 3.30. The Balaban J connectivity index is 1.75. The van der Waals surface area contributed by atoms with Crippen molar-refractivity contribution in [3.05, 3.63) is 33.5 Å². The summed E-state index contributed by atoms with van der Waals surface area (Å²) < 4.78 is 6.79. The Kier molecular flexibility index (Phi) is 5.62. The quantitative estimate of drug-likeness (QED) is 0.615. The van der Waals surface area contributed by atoms with E-state index in [0.29, 0.717) is 23.1 Å². The summed E-state index contributed by atoms with van der Waals surface area (Å²) in [6.07, 6.45) is 4.97. The number of carbonyl (C=O) groups is 1. The number of thiophene rings is 1. The van der Waals surface area contributed by atoms with Gasteiger partial charge < -0.3 is 15.4 Å². The molecule has 0 aromatic carbocycles. The maximum atomic E-state index is 12.3. The van der Waals surface area contributed by atoms with E-state index in [1.54, 1.807) is 16.0 Å². The molecule has 1 aliphatic carbocycles. The number of hydrogen-bond donors (Lipinski definition) is 2. The number of anilines is 1. The number of esters is 1. The second kappa shape index (κ2) is 7.75. The van der Waals surface area contributed by atoms with Crippen molar-refractivity contribution in [2.45, 2.75) is 39.7 Å². The number of hydrogen-bond acceptors (Lipinski definition) is 5. The number of aryl methyl sites for hydroxylation is 2. The van der Waals surface area contributed by atoms with Crippen molar-refractivity contribution in [1.29, 1.82) is 0 Å². The number of fused-ring (bicyclic) bond motifs is 1. The highest BCUT2D eigenvalue weighted by Crippen LogP contribution is 2.40. The van der Waals surface area contributed by atoms with E-state index in [4.69, 9.17) is 17.0 Å². The third kappa shape index (κ3) is 3.91. The number of ether oxygens (including phenoxy) is 1. The number of thiocarbonyl (C=S) groups is 1. The molecule has 0 saturated carbocycles. The van der Waals surface area contributed by atoms with Crippen LogP contribution in [0.2, 0.25) is 0 Å². The fraction of sp³-hybridized carbons (Fsp3) is 0.500. The van der Waals surface area contributed by atoms with Gasteiger partial charge >= 0.3 is 5.97 Å². The van der Waals surface area contributed by atoms with Crippen LogP contribution in [0.5, 0.6) is 0 Å². The molecule has 0 saturated heterocycles. The smallest absolute Gasteiger partial charge is 0.341 e. The van der Waals surface area contributed by atoms with Crippen molar-refractivity contribution in [2.75, 3.05) is 12.4 Å². The summed E-state index contributed by atoms with van der Waals surface area (Å²) in [7, 11) is 3.32. The summed E-state index contributed by atoms with van der Waals surface area (Å²) in [5.41, 5.74) is 3.82. The molecule has 0 aliphatic heterocycles. The number of rotatable bonds is 4. The van der Waals surface area contributed by atoms with Gasteiger partial charge in [0, 0.05) is 30.2 Å². The zero-order valence-corrected chi connectivity index (χ0v) is 17.1. The molecule has 1 aliphatic rings. The molecular formula is C18H24N4O2S2. The highest BCUT2D eigenvalue weighted by Gasteiger charge is 2.28. The number of methoxy groups -OCH3 is 1. The van der Waals surface area contributed by atoms with Crippen LogP contribution in [0, 0.1) is 12.8 Å². The molecule has 0 unspecified atom stereocenters. The van der Waals surface area contributed by atoms with E-state index in [0.717, 1.165) is 41.1 Å². The zero-order chi connectivity index (χ0) is 18.8. The van der Waals surface area contributed by atoms with Crippen LogP contribution >= 0.6 is 23.6 Å². The van der Waals surface area contributed by atoms with Crippen LogP contribution in [0.4, 0.5) is 5.00 Å². The van der Waals surface area contributed by atoms with Crippen LogP contribution in [0.3, 0.4) is 0 Å². The Labute approximate surface area is 162 Å². The van der Waals surface area contributed by atoms with Crippen molar-refractivity contribution in [1.82, 2.24) is 15.1 Å². The third-order valence-electron chi connectivity index (χ3n) is 4.68. The van der Waals surface area contributed by atoms with E-state index in [9.17, 15) is 4.79 Å². The van der Waals surface area contributed by atoms with Crippen molar-refractivity contribution in [2.24, 2.45) is 13.0 Å². The maximum absolute atomic E-state index is 12.3. The van der Waals surface area contributed by atoms with E-state index in [1.165, 1.54) is 12.0 Å². The molecule has 0 spiro atoms. The summed E-state index contributed by atoms with van der Waals surface area (Å²) in [6.45, 7) is 4.80. The molecule has 0 amide bonds. The largest absolute Gasteiger partial charge is 0.465 e. The standard InChI is InChI=1S/C18H24N4O2S2/c1-10-5-6-13-14(7-10)26-16(15(13)17(23)24-4)20-18(25)19-8-12-9-22(3)21-11(12)2/h9-10H,5-8H2,1-4H3,(H2,19,20,25)/t10-/m0/s1. The summed E-state index contributed by atoms with van der Waals surface area (Å²) in [4.78, 5) is 13.6. The average Bonchev–Trinajstić information content (AvgIpc) is 3.10. The number of nitrogens with zero attached hydrogens (tertiary/aromatic N) is 2. The molecule has 2 heterocycles. The number of carbonyl (C=O) groups excluding carboxylic acids is 1. The van der Waals surface area contributed by atoms with E-state index >= 15 is 0 Å². The SMILES string of the molecule is COC(=O)c1c(NC(=S)NCc2cn(C)nc2C)sc2c1CC[C@H](C)C2. The number of aromatic nitrogens is 2. The van der Waals surface area contributed by atoms with E-state index in [-0.39, 0.29) is 5.97 Å². The van der Waals surface area contributed by atoms with E-state index in [1.807, 2.05) is 20.2 Å². The lowest BCUT2D eigenvalue weighted by Gasteiger charge is -2.18. The lowest BCUT2D eigenvalue weighted by molar-refractivity contribution is 0.0601. The van der Waals surface area contributed by atoms with Gasteiger partial charge in [-0.15, -0.1) is 11.3 Å². The molecule has 2 N–H and O–H groups in total. The Morgan fingerprint density at radius 1 is 1.54 bits per heavy atom. The van der Waals surface area contributed by atoms with Crippen LogP contribution in [0.25, 0.3) is 0 Å². The second-order valence-electron chi connectivity index (χ2n) is 6.77. The fourth-order valence-corrected chi connectivity index (χ4v) is 4.94. The lowest BCUT2D eigenvalue weighted by atomic mass is 9.88. The monoisotopic (exact) mass is 392 g/mol. The molecule has 1 atom stereocenters. The molecule has 3 rings (SSSR count). The van der Waals surface area contributed by atoms with Crippen LogP contribution < -0.4 is 10.6 Å². The van der Waals surface area contributed by atoms with Crippen LogP contribution in [-0.2, 0) is 31.2 Å². The molecule has 8 heteroatoms. The Hall–Kier alpha value is -1.93. The second-order valence-corrected chi connectivity index (χ2v) is 8.28. The highest BCUT2D eigenvalue weighted by molar-refractivity contribution is 7.80. The lowest BCUT2D eigenvalue weighted by Crippen LogP contribution is -2.28. The molecule has 0 fully saturated rings. The first-order chi connectivity index (χ1) is 12.4. The summed E-state index contributed by atoms with van der Waals surface area (Å²) in [6, 6.07) is 0.